The Hall–Kier alpha value is -1.39. The molecule has 2 bridgehead atoms. The number of rotatable bonds is 5. The van der Waals surface area contributed by atoms with Crippen molar-refractivity contribution in [3.63, 3.8) is 0 Å². The number of fused-ring (bicyclic) bond motifs is 2. The van der Waals surface area contributed by atoms with E-state index in [9.17, 15) is 4.79 Å². The Balaban J connectivity index is 1.72. The minimum Gasteiger partial charge on any atom is -0.293 e. The Morgan fingerprint density at radius 1 is 1.33 bits per heavy atom. The average molecular weight is 287 g/mol. The molecule has 2 saturated carbocycles. The summed E-state index contributed by atoms with van der Waals surface area (Å²) in [6, 6.07) is 9.61. The first-order valence-corrected chi connectivity index (χ1v) is 7.94. The van der Waals surface area contributed by atoms with Crippen LogP contribution in [0.4, 0.5) is 0 Å². The van der Waals surface area contributed by atoms with Crippen molar-refractivity contribution in [2.75, 3.05) is 13.6 Å². The maximum Gasteiger partial charge on any atom is 0.255 e. The summed E-state index contributed by atoms with van der Waals surface area (Å²) in [5, 5.41) is 0. The van der Waals surface area contributed by atoms with Gasteiger partial charge in [0.05, 0.1) is 0 Å². The van der Waals surface area contributed by atoms with E-state index in [-0.39, 0.29) is 11.9 Å². The summed E-state index contributed by atoms with van der Waals surface area (Å²) in [5.74, 6) is 7.81. The molecule has 21 heavy (non-hydrogen) atoms. The van der Waals surface area contributed by atoms with Crippen molar-refractivity contribution in [3.8, 4) is 0 Å². The Morgan fingerprint density at radius 3 is 2.67 bits per heavy atom. The first-order valence-electron chi connectivity index (χ1n) is 7.94. The fourth-order valence-corrected chi connectivity index (χ4v) is 4.40. The summed E-state index contributed by atoms with van der Waals surface area (Å²) >= 11 is 0. The fraction of sp³-hybridized carbons (Fsp3) is 0.588. The van der Waals surface area contributed by atoms with E-state index in [0.29, 0.717) is 0 Å². The van der Waals surface area contributed by atoms with Crippen LogP contribution in [0.1, 0.15) is 37.3 Å². The molecule has 0 aliphatic heterocycles. The molecule has 114 valence electrons. The van der Waals surface area contributed by atoms with Crippen LogP contribution in [0, 0.1) is 17.8 Å². The highest BCUT2D eigenvalue weighted by Crippen LogP contribution is 2.48. The second-order valence-electron chi connectivity index (χ2n) is 6.70. The Morgan fingerprint density at radius 2 is 2.10 bits per heavy atom. The molecule has 1 amide bonds. The SMILES string of the molecule is CN(CC1CC2CCC1C2)C(C(=O)NN)c1ccccc1. The van der Waals surface area contributed by atoms with E-state index >= 15 is 0 Å². The number of hydrogen-bond acceptors (Lipinski definition) is 3. The third-order valence-electron chi connectivity index (χ3n) is 5.35. The Kier molecular flexibility index (Phi) is 4.27. The Labute approximate surface area is 126 Å². The van der Waals surface area contributed by atoms with E-state index in [0.717, 1.165) is 29.9 Å². The molecule has 1 aromatic rings. The van der Waals surface area contributed by atoms with Crippen LogP contribution in [0.15, 0.2) is 30.3 Å². The molecule has 4 heteroatoms. The first kappa shape index (κ1) is 14.5. The molecular weight excluding hydrogens is 262 g/mol. The quantitative estimate of drug-likeness (QED) is 0.495. The fourth-order valence-electron chi connectivity index (χ4n) is 4.40. The zero-order valence-electron chi connectivity index (χ0n) is 12.7. The van der Waals surface area contributed by atoms with Crippen LogP contribution in [0.25, 0.3) is 0 Å². The van der Waals surface area contributed by atoms with Crippen molar-refractivity contribution in [1.29, 1.82) is 0 Å². The molecule has 4 atom stereocenters. The number of nitrogens with one attached hydrogen (secondary N) is 1. The van der Waals surface area contributed by atoms with Crippen molar-refractivity contribution < 1.29 is 4.79 Å². The largest absolute Gasteiger partial charge is 0.293 e. The number of hydrazine groups is 1. The van der Waals surface area contributed by atoms with Gasteiger partial charge in [-0.1, -0.05) is 36.8 Å². The van der Waals surface area contributed by atoms with Gasteiger partial charge in [-0.25, -0.2) is 5.84 Å². The molecule has 1 aromatic carbocycles. The lowest BCUT2D eigenvalue weighted by atomic mass is 9.88. The van der Waals surface area contributed by atoms with Crippen molar-refractivity contribution >= 4 is 5.91 Å². The molecule has 0 heterocycles. The van der Waals surface area contributed by atoms with E-state index in [2.05, 4.69) is 10.3 Å². The van der Waals surface area contributed by atoms with Gasteiger partial charge in [0.25, 0.3) is 5.91 Å². The van der Waals surface area contributed by atoms with Crippen LogP contribution in [-0.2, 0) is 4.79 Å². The molecular formula is C17H25N3O. The molecule has 2 aliphatic rings. The molecule has 2 aliphatic carbocycles. The highest BCUT2D eigenvalue weighted by Gasteiger charge is 2.40. The van der Waals surface area contributed by atoms with Crippen molar-refractivity contribution in [1.82, 2.24) is 10.3 Å². The molecule has 4 unspecified atom stereocenters. The summed E-state index contributed by atoms with van der Waals surface area (Å²) in [4.78, 5) is 14.4. The number of nitrogens with zero attached hydrogens (tertiary/aromatic N) is 1. The highest BCUT2D eigenvalue weighted by atomic mass is 16.2. The maximum absolute atomic E-state index is 12.2. The van der Waals surface area contributed by atoms with Gasteiger partial charge in [-0.2, -0.15) is 0 Å². The van der Waals surface area contributed by atoms with Crippen LogP contribution in [0.3, 0.4) is 0 Å². The van der Waals surface area contributed by atoms with Gasteiger partial charge < -0.3 is 0 Å². The Bertz CT molecular complexity index is 490. The van der Waals surface area contributed by atoms with Gasteiger partial charge >= 0.3 is 0 Å². The molecule has 0 aromatic heterocycles. The van der Waals surface area contributed by atoms with Gasteiger partial charge in [0.1, 0.15) is 6.04 Å². The van der Waals surface area contributed by atoms with Gasteiger partial charge in [0.2, 0.25) is 0 Å². The van der Waals surface area contributed by atoms with Gasteiger partial charge in [0, 0.05) is 6.54 Å². The van der Waals surface area contributed by atoms with Crippen molar-refractivity contribution in [2.45, 2.75) is 31.7 Å². The smallest absolute Gasteiger partial charge is 0.255 e. The number of hydrogen-bond donors (Lipinski definition) is 2. The first-order chi connectivity index (χ1) is 10.2. The molecule has 0 radical (unpaired) electrons. The third kappa shape index (κ3) is 2.97. The molecule has 0 spiro atoms. The van der Waals surface area contributed by atoms with Crippen LogP contribution < -0.4 is 11.3 Å². The lowest BCUT2D eigenvalue weighted by Crippen LogP contribution is -2.43. The predicted molar refractivity (Wildman–Crippen MR) is 83.1 cm³/mol. The lowest BCUT2D eigenvalue weighted by Gasteiger charge is -2.32. The normalized spacial score (nSPS) is 28.8. The average Bonchev–Trinajstić information content (AvgIpc) is 3.11. The number of amides is 1. The lowest BCUT2D eigenvalue weighted by molar-refractivity contribution is -0.126. The van der Waals surface area contributed by atoms with Gasteiger partial charge in [-0.15, -0.1) is 0 Å². The van der Waals surface area contributed by atoms with Gasteiger partial charge in [0.15, 0.2) is 0 Å². The summed E-state index contributed by atoms with van der Waals surface area (Å²) in [6.45, 7) is 0.980. The maximum atomic E-state index is 12.2. The molecule has 2 fully saturated rings. The van der Waals surface area contributed by atoms with Crippen LogP contribution in [0.5, 0.6) is 0 Å². The molecule has 0 saturated heterocycles. The molecule has 3 N–H and O–H groups in total. The zero-order valence-corrected chi connectivity index (χ0v) is 12.7. The second kappa shape index (κ2) is 6.16. The minimum absolute atomic E-state index is 0.133. The molecule has 4 nitrogen and oxygen atoms in total. The standard InChI is InChI=1S/C17H25N3O/c1-20(11-15-10-12-7-8-14(15)9-12)16(17(21)19-18)13-5-3-2-4-6-13/h2-6,12,14-16H,7-11,18H2,1H3,(H,19,21). The van der Waals surface area contributed by atoms with E-state index in [1.165, 1.54) is 25.7 Å². The topological polar surface area (TPSA) is 58.4 Å². The van der Waals surface area contributed by atoms with Crippen LogP contribution in [0.2, 0.25) is 0 Å². The van der Waals surface area contributed by atoms with Crippen LogP contribution in [-0.4, -0.2) is 24.4 Å². The predicted octanol–water partition coefficient (Wildman–Crippen LogP) is 2.09. The van der Waals surface area contributed by atoms with Gasteiger partial charge in [-0.3, -0.25) is 15.1 Å². The summed E-state index contributed by atoms with van der Waals surface area (Å²) < 4.78 is 0. The van der Waals surface area contributed by atoms with Crippen molar-refractivity contribution in [3.05, 3.63) is 35.9 Å². The zero-order chi connectivity index (χ0) is 14.8. The van der Waals surface area contributed by atoms with E-state index in [1.807, 2.05) is 37.4 Å². The van der Waals surface area contributed by atoms with Gasteiger partial charge in [-0.05, 0) is 49.6 Å². The van der Waals surface area contributed by atoms with E-state index in [4.69, 9.17) is 5.84 Å². The summed E-state index contributed by atoms with van der Waals surface area (Å²) in [7, 11) is 2.04. The number of carbonyl (C=O) groups is 1. The van der Waals surface area contributed by atoms with Crippen LogP contribution >= 0.6 is 0 Å². The number of carbonyl (C=O) groups excluding carboxylic acids is 1. The van der Waals surface area contributed by atoms with Crippen molar-refractivity contribution in [2.24, 2.45) is 23.6 Å². The van der Waals surface area contributed by atoms with E-state index < -0.39 is 0 Å². The second-order valence-corrected chi connectivity index (χ2v) is 6.70. The monoisotopic (exact) mass is 287 g/mol. The highest BCUT2D eigenvalue weighted by molar-refractivity contribution is 5.82. The minimum atomic E-state index is -0.296. The van der Waals surface area contributed by atoms with E-state index in [1.54, 1.807) is 0 Å². The summed E-state index contributed by atoms with van der Waals surface area (Å²) in [6.07, 6.45) is 5.52. The summed E-state index contributed by atoms with van der Waals surface area (Å²) in [5.41, 5.74) is 3.33. The molecule has 3 rings (SSSR count). The third-order valence-corrected chi connectivity index (χ3v) is 5.35. The number of benzene rings is 1. The number of likely N-dealkylation sites (N-methyl/N-ethyl adjacent to an activating group) is 1. The number of nitrogens with two attached hydrogens (primary N) is 1.